The summed E-state index contributed by atoms with van der Waals surface area (Å²) in [6, 6.07) is 6.88. The SMILES string of the molecule is ClCC=CCSc1ccc2c(c1)CCC2. The molecule has 0 bridgehead atoms. The van der Waals surface area contributed by atoms with Crippen LogP contribution in [0.15, 0.2) is 35.2 Å². The minimum Gasteiger partial charge on any atom is -0.122 e. The van der Waals surface area contributed by atoms with E-state index in [0.717, 1.165) is 5.75 Å². The Labute approximate surface area is 101 Å². The van der Waals surface area contributed by atoms with Crippen LogP contribution in [0.1, 0.15) is 17.5 Å². The van der Waals surface area contributed by atoms with Crippen LogP contribution in [0.2, 0.25) is 0 Å². The first-order valence-electron chi connectivity index (χ1n) is 5.36. The molecule has 0 saturated carbocycles. The Morgan fingerprint density at radius 2 is 2.07 bits per heavy atom. The van der Waals surface area contributed by atoms with Gasteiger partial charge in [0.05, 0.1) is 0 Å². The van der Waals surface area contributed by atoms with E-state index in [1.165, 1.54) is 24.2 Å². The Morgan fingerprint density at radius 1 is 1.20 bits per heavy atom. The summed E-state index contributed by atoms with van der Waals surface area (Å²) in [6.07, 6.45) is 8.00. The molecule has 2 rings (SSSR count). The summed E-state index contributed by atoms with van der Waals surface area (Å²) in [4.78, 5) is 1.38. The number of hydrogen-bond donors (Lipinski definition) is 0. The summed E-state index contributed by atoms with van der Waals surface area (Å²) in [5.74, 6) is 1.64. The van der Waals surface area contributed by atoms with Crippen molar-refractivity contribution in [3.8, 4) is 0 Å². The van der Waals surface area contributed by atoms with E-state index < -0.39 is 0 Å². The first kappa shape index (κ1) is 11.1. The van der Waals surface area contributed by atoms with Gasteiger partial charge in [-0.1, -0.05) is 18.2 Å². The number of fused-ring (bicyclic) bond motifs is 1. The molecule has 0 heterocycles. The number of hydrogen-bond acceptors (Lipinski definition) is 1. The molecule has 80 valence electrons. The molecular formula is C13H15ClS. The Hall–Kier alpha value is -0.400. The molecule has 0 amide bonds. The summed E-state index contributed by atoms with van der Waals surface area (Å²) in [7, 11) is 0. The molecule has 15 heavy (non-hydrogen) atoms. The fraction of sp³-hybridized carbons (Fsp3) is 0.385. The number of halogens is 1. The van der Waals surface area contributed by atoms with Crippen LogP contribution in [0.25, 0.3) is 0 Å². The maximum atomic E-state index is 5.56. The van der Waals surface area contributed by atoms with E-state index in [2.05, 4.69) is 24.3 Å². The average molecular weight is 239 g/mol. The second kappa shape index (κ2) is 5.62. The third kappa shape index (κ3) is 3.02. The second-order valence-corrected chi connectivity index (χ2v) is 5.12. The number of allylic oxidation sites excluding steroid dienone is 1. The summed E-state index contributed by atoms with van der Waals surface area (Å²) in [5.41, 5.74) is 3.11. The van der Waals surface area contributed by atoms with Crippen LogP contribution in [0.3, 0.4) is 0 Å². The molecule has 2 heteroatoms. The van der Waals surface area contributed by atoms with Crippen LogP contribution in [-0.2, 0) is 12.8 Å². The van der Waals surface area contributed by atoms with Gasteiger partial charge in [0, 0.05) is 16.5 Å². The molecule has 1 aromatic carbocycles. The minimum absolute atomic E-state index is 0.616. The van der Waals surface area contributed by atoms with Gasteiger partial charge in [-0.3, -0.25) is 0 Å². The maximum absolute atomic E-state index is 5.56. The van der Waals surface area contributed by atoms with Gasteiger partial charge in [-0.25, -0.2) is 0 Å². The Morgan fingerprint density at radius 3 is 2.93 bits per heavy atom. The highest BCUT2D eigenvalue weighted by atomic mass is 35.5. The van der Waals surface area contributed by atoms with Gasteiger partial charge in [-0.15, -0.1) is 23.4 Å². The highest BCUT2D eigenvalue weighted by molar-refractivity contribution is 7.99. The maximum Gasteiger partial charge on any atom is 0.0404 e. The Bertz CT molecular complexity index is 358. The van der Waals surface area contributed by atoms with Crippen molar-refractivity contribution in [1.82, 2.24) is 0 Å². The van der Waals surface area contributed by atoms with Gasteiger partial charge in [-0.05, 0) is 42.5 Å². The molecular weight excluding hydrogens is 224 g/mol. The molecule has 0 aromatic heterocycles. The lowest BCUT2D eigenvalue weighted by molar-refractivity contribution is 0.911. The quantitative estimate of drug-likeness (QED) is 0.433. The molecule has 1 aliphatic carbocycles. The molecule has 0 spiro atoms. The highest BCUT2D eigenvalue weighted by Crippen LogP contribution is 2.27. The van der Waals surface area contributed by atoms with Gasteiger partial charge in [0.1, 0.15) is 0 Å². The second-order valence-electron chi connectivity index (χ2n) is 3.72. The molecule has 0 unspecified atom stereocenters. The highest BCUT2D eigenvalue weighted by Gasteiger charge is 2.10. The van der Waals surface area contributed by atoms with Gasteiger partial charge in [0.25, 0.3) is 0 Å². The third-order valence-electron chi connectivity index (χ3n) is 2.67. The molecule has 0 radical (unpaired) electrons. The summed E-state index contributed by atoms with van der Waals surface area (Å²) in [5, 5.41) is 0. The molecule has 0 atom stereocenters. The molecule has 0 saturated heterocycles. The zero-order valence-electron chi connectivity index (χ0n) is 8.71. The third-order valence-corrected chi connectivity index (χ3v) is 3.80. The monoisotopic (exact) mass is 238 g/mol. The van der Waals surface area contributed by atoms with Crippen LogP contribution < -0.4 is 0 Å². The van der Waals surface area contributed by atoms with E-state index in [0.29, 0.717) is 5.88 Å². The summed E-state index contributed by atoms with van der Waals surface area (Å²) >= 11 is 7.44. The first-order valence-corrected chi connectivity index (χ1v) is 6.88. The van der Waals surface area contributed by atoms with Crippen LogP contribution >= 0.6 is 23.4 Å². The fourth-order valence-electron chi connectivity index (χ4n) is 1.91. The van der Waals surface area contributed by atoms with E-state index in [-0.39, 0.29) is 0 Å². The van der Waals surface area contributed by atoms with Crippen LogP contribution in [-0.4, -0.2) is 11.6 Å². The topological polar surface area (TPSA) is 0 Å². The van der Waals surface area contributed by atoms with E-state index in [1.807, 2.05) is 17.8 Å². The molecule has 1 aromatic rings. The van der Waals surface area contributed by atoms with Crippen molar-refractivity contribution in [2.45, 2.75) is 24.2 Å². The standard InChI is InChI=1S/C13H15ClS/c14-8-1-2-9-15-13-7-6-11-4-3-5-12(11)10-13/h1-2,6-7,10H,3-5,8-9H2. The van der Waals surface area contributed by atoms with Crippen molar-refractivity contribution in [2.75, 3.05) is 11.6 Å². The lowest BCUT2D eigenvalue weighted by atomic mass is 10.1. The van der Waals surface area contributed by atoms with Crippen molar-refractivity contribution in [3.63, 3.8) is 0 Å². The van der Waals surface area contributed by atoms with Crippen molar-refractivity contribution in [3.05, 3.63) is 41.5 Å². The van der Waals surface area contributed by atoms with E-state index in [1.54, 1.807) is 11.1 Å². The van der Waals surface area contributed by atoms with Gasteiger partial charge >= 0.3 is 0 Å². The molecule has 0 aliphatic heterocycles. The number of alkyl halides is 1. The lowest BCUT2D eigenvalue weighted by Crippen LogP contribution is -1.83. The van der Waals surface area contributed by atoms with Crippen molar-refractivity contribution in [1.29, 1.82) is 0 Å². The van der Waals surface area contributed by atoms with Gasteiger partial charge in [0.15, 0.2) is 0 Å². The first-order chi connectivity index (χ1) is 7.40. The zero-order valence-corrected chi connectivity index (χ0v) is 10.3. The molecule has 0 nitrogen and oxygen atoms in total. The smallest absolute Gasteiger partial charge is 0.0404 e. The van der Waals surface area contributed by atoms with Crippen LogP contribution in [0, 0.1) is 0 Å². The fourth-order valence-corrected chi connectivity index (χ4v) is 2.85. The van der Waals surface area contributed by atoms with Gasteiger partial charge < -0.3 is 0 Å². The summed E-state index contributed by atoms with van der Waals surface area (Å²) in [6.45, 7) is 0. The van der Waals surface area contributed by atoms with Crippen molar-refractivity contribution < 1.29 is 0 Å². The minimum atomic E-state index is 0.616. The Kier molecular flexibility index (Phi) is 4.16. The van der Waals surface area contributed by atoms with Crippen LogP contribution in [0.4, 0.5) is 0 Å². The largest absolute Gasteiger partial charge is 0.122 e. The van der Waals surface area contributed by atoms with Crippen LogP contribution in [0.5, 0.6) is 0 Å². The van der Waals surface area contributed by atoms with E-state index in [4.69, 9.17) is 11.6 Å². The van der Waals surface area contributed by atoms with Crippen molar-refractivity contribution >= 4 is 23.4 Å². The van der Waals surface area contributed by atoms with Gasteiger partial charge in [-0.2, -0.15) is 0 Å². The number of thioether (sulfide) groups is 1. The summed E-state index contributed by atoms with van der Waals surface area (Å²) < 4.78 is 0. The number of rotatable bonds is 4. The van der Waals surface area contributed by atoms with E-state index in [9.17, 15) is 0 Å². The molecule has 0 N–H and O–H groups in total. The van der Waals surface area contributed by atoms with E-state index >= 15 is 0 Å². The predicted octanol–water partition coefficient (Wildman–Crippen LogP) is 4.06. The number of aryl methyl sites for hydroxylation is 2. The normalized spacial score (nSPS) is 14.7. The number of benzene rings is 1. The lowest BCUT2D eigenvalue weighted by Gasteiger charge is -2.02. The van der Waals surface area contributed by atoms with Gasteiger partial charge in [0.2, 0.25) is 0 Å². The molecule has 1 aliphatic rings. The average Bonchev–Trinajstić information content (AvgIpc) is 2.71. The molecule has 0 fully saturated rings. The predicted molar refractivity (Wildman–Crippen MR) is 69.1 cm³/mol. The van der Waals surface area contributed by atoms with Crippen molar-refractivity contribution in [2.24, 2.45) is 0 Å². The zero-order chi connectivity index (χ0) is 10.5. The Balaban J connectivity index is 1.95.